The number of hydrogen-bond donors (Lipinski definition) is 1. The summed E-state index contributed by atoms with van der Waals surface area (Å²) < 4.78 is 5.26. The molecule has 33 heavy (non-hydrogen) atoms. The number of aromatic nitrogens is 1. The van der Waals surface area contributed by atoms with Gasteiger partial charge in [-0.05, 0) is 60.2 Å². The third-order valence-corrected chi connectivity index (χ3v) is 8.74. The van der Waals surface area contributed by atoms with Gasteiger partial charge in [-0.1, -0.05) is 18.2 Å². The molecule has 3 aromatic rings. The normalized spacial score (nSPS) is 18.8. The molecule has 1 atom stereocenters. The van der Waals surface area contributed by atoms with Crippen LogP contribution in [-0.4, -0.2) is 48.4 Å². The number of nitrogens with one attached hydrogen (secondary N) is 1. The maximum atomic E-state index is 12.9. The molecule has 1 N–H and O–H groups in total. The summed E-state index contributed by atoms with van der Waals surface area (Å²) >= 11 is 3.15. The second kappa shape index (κ2) is 9.27. The van der Waals surface area contributed by atoms with E-state index in [1.807, 2.05) is 52.1 Å². The largest absolute Gasteiger partial charge is 0.497 e. The number of methoxy groups -OCH3 is 1. The Kier molecular flexibility index (Phi) is 6.21. The molecule has 2 amide bonds. The Morgan fingerprint density at radius 1 is 1.21 bits per heavy atom. The standard InChI is InChI=1S/C25H27N3O3S2/c1-31-18-5-2-4-17(14-18)7-10-26-22(29)19-15-25(19)8-11-28(12-9-25)24(30)20-16-33-23(27-20)21-6-3-13-32-21/h2-6,13-14,16,19H,7-12,15H2,1H3,(H,26,29). The minimum atomic E-state index is 0.00356. The summed E-state index contributed by atoms with van der Waals surface area (Å²) in [6.07, 6.45) is 3.48. The molecule has 1 aliphatic carbocycles. The van der Waals surface area contributed by atoms with Crippen LogP contribution in [0.2, 0.25) is 0 Å². The highest BCUT2D eigenvalue weighted by Gasteiger charge is 2.58. The number of thiazole rings is 1. The van der Waals surface area contributed by atoms with Gasteiger partial charge in [-0.25, -0.2) is 4.98 Å². The molecule has 2 aliphatic rings. The zero-order valence-electron chi connectivity index (χ0n) is 18.6. The van der Waals surface area contributed by atoms with Crippen LogP contribution in [0.3, 0.4) is 0 Å². The van der Waals surface area contributed by atoms with Crippen LogP contribution in [0.5, 0.6) is 5.75 Å². The number of thiophene rings is 1. The zero-order chi connectivity index (χ0) is 22.8. The lowest BCUT2D eigenvalue weighted by atomic mass is 9.90. The van der Waals surface area contributed by atoms with E-state index < -0.39 is 0 Å². The van der Waals surface area contributed by atoms with Gasteiger partial charge in [-0.2, -0.15) is 0 Å². The first-order valence-corrected chi connectivity index (χ1v) is 13.0. The molecule has 2 aromatic heterocycles. The van der Waals surface area contributed by atoms with Gasteiger partial charge in [0.05, 0.1) is 12.0 Å². The van der Waals surface area contributed by atoms with Crippen molar-refractivity contribution >= 4 is 34.5 Å². The highest BCUT2D eigenvalue weighted by atomic mass is 32.1. The molecule has 6 nitrogen and oxygen atoms in total. The van der Waals surface area contributed by atoms with E-state index in [9.17, 15) is 9.59 Å². The van der Waals surface area contributed by atoms with Crippen LogP contribution in [0.4, 0.5) is 0 Å². The predicted octanol–water partition coefficient (Wildman–Crippen LogP) is 4.48. The van der Waals surface area contributed by atoms with Gasteiger partial charge in [-0.15, -0.1) is 22.7 Å². The molecule has 1 unspecified atom stereocenters. The number of carbonyl (C=O) groups is 2. The smallest absolute Gasteiger partial charge is 0.273 e. The number of likely N-dealkylation sites (tertiary alicyclic amines) is 1. The SMILES string of the molecule is COc1cccc(CCNC(=O)C2CC23CCN(C(=O)c2csc(-c4cccs4)n2)CC3)c1. The summed E-state index contributed by atoms with van der Waals surface area (Å²) in [6.45, 7) is 2.01. The van der Waals surface area contributed by atoms with Crippen molar-refractivity contribution < 1.29 is 14.3 Å². The molecule has 1 spiro atoms. The van der Waals surface area contributed by atoms with E-state index >= 15 is 0 Å². The summed E-state index contributed by atoms with van der Waals surface area (Å²) in [5.74, 6) is 1.06. The van der Waals surface area contributed by atoms with Crippen molar-refractivity contribution in [3.05, 3.63) is 58.4 Å². The Bertz CT molecular complexity index is 1130. The Morgan fingerprint density at radius 2 is 2.06 bits per heavy atom. The lowest BCUT2D eigenvalue weighted by Crippen LogP contribution is -2.41. The number of hydrogen-bond acceptors (Lipinski definition) is 6. The summed E-state index contributed by atoms with van der Waals surface area (Å²) in [4.78, 5) is 33.2. The van der Waals surface area contributed by atoms with Crippen molar-refractivity contribution in [3.8, 4) is 15.6 Å². The third kappa shape index (κ3) is 4.68. The summed E-state index contributed by atoms with van der Waals surface area (Å²) in [7, 11) is 1.66. The Morgan fingerprint density at radius 3 is 2.82 bits per heavy atom. The van der Waals surface area contributed by atoms with Crippen LogP contribution in [0.15, 0.2) is 47.2 Å². The zero-order valence-corrected chi connectivity index (χ0v) is 20.2. The molecule has 1 saturated carbocycles. The van der Waals surface area contributed by atoms with Gasteiger partial charge < -0.3 is 15.0 Å². The van der Waals surface area contributed by atoms with Gasteiger partial charge in [0.1, 0.15) is 16.5 Å². The maximum absolute atomic E-state index is 12.9. The number of piperidine rings is 1. The average Bonchev–Trinajstić information content (AvgIpc) is 3.23. The quantitative estimate of drug-likeness (QED) is 0.540. The van der Waals surface area contributed by atoms with Crippen LogP contribution in [-0.2, 0) is 11.2 Å². The van der Waals surface area contributed by atoms with Crippen LogP contribution >= 0.6 is 22.7 Å². The molecule has 1 aliphatic heterocycles. The Labute approximate surface area is 201 Å². The van der Waals surface area contributed by atoms with Crippen LogP contribution < -0.4 is 10.1 Å². The van der Waals surface area contributed by atoms with Crippen molar-refractivity contribution in [1.29, 1.82) is 0 Å². The van der Waals surface area contributed by atoms with E-state index in [1.54, 1.807) is 18.4 Å². The fraction of sp³-hybridized carbons (Fsp3) is 0.400. The van der Waals surface area contributed by atoms with Crippen molar-refractivity contribution in [2.24, 2.45) is 11.3 Å². The minimum Gasteiger partial charge on any atom is -0.497 e. The molecular weight excluding hydrogens is 454 g/mol. The molecule has 1 saturated heterocycles. The van der Waals surface area contributed by atoms with E-state index in [0.29, 0.717) is 25.3 Å². The first kappa shape index (κ1) is 22.1. The molecule has 1 aromatic carbocycles. The highest BCUT2D eigenvalue weighted by Crippen LogP contribution is 2.59. The van der Waals surface area contributed by atoms with Crippen molar-refractivity contribution in [2.75, 3.05) is 26.7 Å². The molecule has 172 valence electrons. The first-order chi connectivity index (χ1) is 16.1. The molecule has 0 bridgehead atoms. The van der Waals surface area contributed by atoms with Crippen LogP contribution in [0.1, 0.15) is 35.3 Å². The van der Waals surface area contributed by atoms with Gasteiger partial charge in [0.15, 0.2) is 0 Å². The molecule has 0 radical (unpaired) electrons. The van der Waals surface area contributed by atoms with Gasteiger partial charge >= 0.3 is 0 Å². The van der Waals surface area contributed by atoms with E-state index in [-0.39, 0.29) is 23.1 Å². The number of rotatable bonds is 7. The summed E-state index contributed by atoms with van der Waals surface area (Å²) in [6, 6.07) is 12.0. The molecule has 8 heteroatoms. The highest BCUT2D eigenvalue weighted by molar-refractivity contribution is 7.20. The lowest BCUT2D eigenvalue weighted by Gasteiger charge is -2.32. The van der Waals surface area contributed by atoms with Gasteiger partial charge in [0, 0.05) is 30.9 Å². The fourth-order valence-electron chi connectivity index (χ4n) is 4.75. The van der Waals surface area contributed by atoms with Crippen molar-refractivity contribution in [1.82, 2.24) is 15.2 Å². The molecule has 2 fully saturated rings. The number of carbonyl (C=O) groups excluding carboxylic acids is 2. The maximum Gasteiger partial charge on any atom is 0.273 e. The van der Waals surface area contributed by atoms with E-state index in [2.05, 4.69) is 10.3 Å². The van der Waals surface area contributed by atoms with Crippen molar-refractivity contribution in [3.63, 3.8) is 0 Å². The Hall–Kier alpha value is -2.71. The predicted molar refractivity (Wildman–Crippen MR) is 131 cm³/mol. The van der Waals surface area contributed by atoms with Crippen LogP contribution in [0.25, 0.3) is 9.88 Å². The lowest BCUT2D eigenvalue weighted by molar-refractivity contribution is -0.123. The second-order valence-electron chi connectivity index (χ2n) is 8.82. The number of ether oxygens (including phenoxy) is 1. The van der Waals surface area contributed by atoms with E-state index in [1.165, 1.54) is 11.3 Å². The van der Waals surface area contributed by atoms with Gasteiger partial charge in [-0.3, -0.25) is 9.59 Å². The molecule has 5 rings (SSSR count). The van der Waals surface area contributed by atoms with Gasteiger partial charge in [0.2, 0.25) is 5.91 Å². The van der Waals surface area contributed by atoms with Crippen LogP contribution in [0, 0.1) is 11.3 Å². The minimum absolute atomic E-state index is 0.00356. The van der Waals surface area contributed by atoms with E-state index in [0.717, 1.165) is 46.9 Å². The van der Waals surface area contributed by atoms with Crippen molar-refractivity contribution in [2.45, 2.75) is 25.7 Å². The van der Waals surface area contributed by atoms with Gasteiger partial charge in [0.25, 0.3) is 5.91 Å². The van der Waals surface area contributed by atoms with E-state index in [4.69, 9.17) is 4.74 Å². The first-order valence-electron chi connectivity index (χ1n) is 11.3. The third-order valence-electron chi connectivity index (χ3n) is 6.85. The second-order valence-corrected chi connectivity index (χ2v) is 10.6. The average molecular weight is 482 g/mol. The molecule has 3 heterocycles. The number of amides is 2. The number of benzene rings is 1. The topological polar surface area (TPSA) is 71.5 Å². The number of nitrogens with zero attached hydrogens (tertiary/aromatic N) is 2. The molecular formula is C25H27N3O3S2. The Balaban J connectivity index is 1.09. The monoisotopic (exact) mass is 481 g/mol. The summed E-state index contributed by atoms with van der Waals surface area (Å²) in [5.41, 5.74) is 1.75. The summed E-state index contributed by atoms with van der Waals surface area (Å²) in [5, 5.41) is 7.88. The fourth-order valence-corrected chi connectivity index (χ4v) is 6.36.